The molecule has 0 bridgehead atoms. The number of carboxylic acids is 1. The van der Waals surface area contributed by atoms with Gasteiger partial charge in [-0.1, -0.05) is 6.92 Å². The molecule has 0 radical (unpaired) electrons. The van der Waals surface area contributed by atoms with E-state index in [1.165, 1.54) is 5.69 Å². The van der Waals surface area contributed by atoms with Crippen molar-refractivity contribution >= 4 is 5.97 Å². The van der Waals surface area contributed by atoms with Crippen LogP contribution in [0.2, 0.25) is 0 Å². The Labute approximate surface area is 96.3 Å². The van der Waals surface area contributed by atoms with Gasteiger partial charge in [0.15, 0.2) is 0 Å². The summed E-state index contributed by atoms with van der Waals surface area (Å²) in [4.78, 5) is 16.1. The molecular weight excluding hydrogens is 204 g/mol. The van der Waals surface area contributed by atoms with Crippen LogP contribution >= 0.6 is 0 Å². The average Bonchev–Trinajstić information content (AvgIpc) is 2.75. The number of likely N-dealkylation sites (N-methyl/N-ethyl adjacent to an activating group) is 1. The normalized spacial score (nSPS) is 12.9. The molecule has 1 heterocycles. The molecule has 1 unspecified atom stereocenters. The smallest absolute Gasteiger partial charge is 0.307 e. The van der Waals surface area contributed by atoms with Crippen molar-refractivity contribution in [1.82, 2.24) is 9.88 Å². The second-order valence-electron chi connectivity index (χ2n) is 4.15. The quantitative estimate of drug-likeness (QED) is 0.739. The standard InChI is InChI=1S/C12H20N2O2/c1-3-10(12(15)16)9-14(2)8-6-11-5-4-7-13-11/h4-5,7,10,13H,3,6,8-9H2,1-2H3,(H,15,16). The highest BCUT2D eigenvalue weighted by Gasteiger charge is 2.16. The van der Waals surface area contributed by atoms with E-state index in [0.29, 0.717) is 13.0 Å². The Morgan fingerprint density at radius 1 is 1.62 bits per heavy atom. The Morgan fingerprint density at radius 3 is 2.88 bits per heavy atom. The van der Waals surface area contributed by atoms with E-state index in [0.717, 1.165) is 13.0 Å². The molecule has 0 aliphatic heterocycles. The van der Waals surface area contributed by atoms with Crippen LogP contribution in [0.25, 0.3) is 0 Å². The van der Waals surface area contributed by atoms with Gasteiger partial charge in [0, 0.05) is 31.4 Å². The van der Waals surface area contributed by atoms with Crippen LogP contribution in [0, 0.1) is 5.92 Å². The maximum absolute atomic E-state index is 10.9. The number of rotatable bonds is 7. The number of aromatic nitrogens is 1. The predicted octanol–water partition coefficient (Wildman–Crippen LogP) is 1.60. The minimum absolute atomic E-state index is 0.256. The van der Waals surface area contributed by atoms with Gasteiger partial charge >= 0.3 is 5.97 Å². The first kappa shape index (κ1) is 12.8. The number of nitrogens with one attached hydrogen (secondary N) is 1. The lowest BCUT2D eigenvalue weighted by atomic mass is 10.1. The van der Waals surface area contributed by atoms with Crippen molar-refractivity contribution in [2.24, 2.45) is 5.92 Å². The fraction of sp³-hybridized carbons (Fsp3) is 0.583. The summed E-state index contributed by atoms with van der Waals surface area (Å²) in [6, 6.07) is 4.02. The first-order valence-corrected chi connectivity index (χ1v) is 5.67. The van der Waals surface area contributed by atoms with Gasteiger partial charge in [-0.2, -0.15) is 0 Å². The van der Waals surface area contributed by atoms with Crippen LogP contribution in [0.3, 0.4) is 0 Å². The molecule has 1 rings (SSSR count). The van der Waals surface area contributed by atoms with E-state index in [4.69, 9.17) is 5.11 Å². The molecule has 1 aromatic rings. The lowest BCUT2D eigenvalue weighted by Crippen LogP contribution is -2.31. The van der Waals surface area contributed by atoms with Gasteiger partial charge in [0.2, 0.25) is 0 Å². The van der Waals surface area contributed by atoms with E-state index in [1.54, 1.807) is 0 Å². The molecule has 0 aliphatic rings. The highest BCUT2D eigenvalue weighted by molar-refractivity contribution is 5.70. The van der Waals surface area contributed by atoms with Gasteiger partial charge in [-0.15, -0.1) is 0 Å². The maximum Gasteiger partial charge on any atom is 0.307 e. The first-order chi connectivity index (χ1) is 7.63. The minimum atomic E-state index is -0.700. The minimum Gasteiger partial charge on any atom is -0.481 e. The van der Waals surface area contributed by atoms with Crippen LogP contribution in [0.4, 0.5) is 0 Å². The van der Waals surface area contributed by atoms with Crippen molar-refractivity contribution in [2.45, 2.75) is 19.8 Å². The molecule has 1 atom stereocenters. The number of H-pyrrole nitrogens is 1. The molecule has 0 spiro atoms. The molecule has 0 saturated carbocycles. The predicted molar refractivity (Wildman–Crippen MR) is 63.4 cm³/mol. The summed E-state index contributed by atoms with van der Waals surface area (Å²) in [7, 11) is 1.97. The zero-order chi connectivity index (χ0) is 12.0. The molecule has 0 aliphatic carbocycles. The monoisotopic (exact) mass is 224 g/mol. The van der Waals surface area contributed by atoms with E-state index in [1.807, 2.05) is 32.3 Å². The van der Waals surface area contributed by atoms with Gasteiger partial charge in [-0.25, -0.2) is 0 Å². The molecule has 4 nitrogen and oxygen atoms in total. The van der Waals surface area contributed by atoms with Crippen LogP contribution in [-0.4, -0.2) is 41.1 Å². The fourth-order valence-corrected chi connectivity index (χ4v) is 1.68. The lowest BCUT2D eigenvalue weighted by Gasteiger charge is -2.20. The van der Waals surface area contributed by atoms with E-state index in [9.17, 15) is 4.79 Å². The molecule has 4 heteroatoms. The molecule has 0 saturated heterocycles. The van der Waals surface area contributed by atoms with Crippen LogP contribution < -0.4 is 0 Å². The van der Waals surface area contributed by atoms with Crippen LogP contribution in [-0.2, 0) is 11.2 Å². The third kappa shape index (κ3) is 4.06. The van der Waals surface area contributed by atoms with Gasteiger partial charge in [0.05, 0.1) is 5.92 Å². The summed E-state index contributed by atoms with van der Waals surface area (Å²) in [5.74, 6) is -0.956. The second-order valence-corrected chi connectivity index (χ2v) is 4.15. The highest BCUT2D eigenvalue weighted by Crippen LogP contribution is 2.05. The summed E-state index contributed by atoms with van der Waals surface area (Å²) >= 11 is 0. The maximum atomic E-state index is 10.9. The van der Waals surface area contributed by atoms with E-state index in [2.05, 4.69) is 9.88 Å². The topological polar surface area (TPSA) is 56.3 Å². The van der Waals surface area contributed by atoms with Crippen molar-refractivity contribution in [2.75, 3.05) is 20.1 Å². The third-order valence-electron chi connectivity index (χ3n) is 2.80. The number of hydrogen-bond acceptors (Lipinski definition) is 2. The van der Waals surface area contributed by atoms with Crippen LogP contribution in [0.1, 0.15) is 19.0 Å². The van der Waals surface area contributed by atoms with Crippen molar-refractivity contribution in [3.05, 3.63) is 24.0 Å². The zero-order valence-electron chi connectivity index (χ0n) is 9.94. The van der Waals surface area contributed by atoms with Crippen molar-refractivity contribution in [1.29, 1.82) is 0 Å². The van der Waals surface area contributed by atoms with Crippen molar-refractivity contribution < 1.29 is 9.90 Å². The third-order valence-corrected chi connectivity index (χ3v) is 2.80. The van der Waals surface area contributed by atoms with Gasteiger partial charge in [0.1, 0.15) is 0 Å². The number of nitrogens with zero attached hydrogens (tertiary/aromatic N) is 1. The van der Waals surface area contributed by atoms with E-state index in [-0.39, 0.29) is 5.92 Å². The van der Waals surface area contributed by atoms with E-state index >= 15 is 0 Å². The number of carbonyl (C=O) groups is 1. The van der Waals surface area contributed by atoms with Gasteiger partial charge < -0.3 is 15.0 Å². The first-order valence-electron chi connectivity index (χ1n) is 5.67. The molecule has 16 heavy (non-hydrogen) atoms. The molecule has 90 valence electrons. The molecule has 0 aromatic carbocycles. The summed E-state index contributed by atoms with van der Waals surface area (Å²) < 4.78 is 0. The Balaban J connectivity index is 2.29. The average molecular weight is 224 g/mol. The van der Waals surface area contributed by atoms with Gasteiger partial charge in [-0.3, -0.25) is 4.79 Å². The molecular formula is C12H20N2O2. The number of aromatic amines is 1. The Bertz CT molecular complexity index is 309. The SMILES string of the molecule is CCC(CN(C)CCc1ccc[nH]1)C(=O)O. The second kappa shape index (κ2) is 6.33. The van der Waals surface area contributed by atoms with Crippen LogP contribution in [0.5, 0.6) is 0 Å². The number of carboxylic acid groups (broad SMARTS) is 1. The summed E-state index contributed by atoms with van der Waals surface area (Å²) in [5, 5.41) is 8.94. The Hall–Kier alpha value is -1.29. The molecule has 0 amide bonds. The summed E-state index contributed by atoms with van der Waals surface area (Å²) in [6.07, 6.45) is 3.52. The zero-order valence-corrected chi connectivity index (χ0v) is 9.94. The lowest BCUT2D eigenvalue weighted by molar-refractivity contribution is -0.142. The largest absolute Gasteiger partial charge is 0.481 e. The Kier molecular flexibility index (Phi) is 5.05. The summed E-state index contributed by atoms with van der Waals surface area (Å²) in [6.45, 7) is 3.41. The number of hydrogen-bond donors (Lipinski definition) is 2. The molecule has 0 fully saturated rings. The van der Waals surface area contributed by atoms with E-state index < -0.39 is 5.97 Å². The van der Waals surface area contributed by atoms with Gasteiger partial charge in [-0.05, 0) is 25.6 Å². The molecule has 2 N–H and O–H groups in total. The Morgan fingerprint density at radius 2 is 2.38 bits per heavy atom. The molecule has 1 aromatic heterocycles. The van der Waals surface area contributed by atoms with Crippen LogP contribution in [0.15, 0.2) is 18.3 Å². The summed E-state index contributed by atoms with van der Waals surface area (Å²) in [5.41, 5.74) is 1.19. The van der Waals surface area contributed by atoms with Crippen molar-refractivity contribution in [3.63, 3.8) is 0 Å². The fourth-order valence-electron chi connectivity index (χ4n) is 1.68. The van der Waals surface area contributed by atoms with Gasteiger partial charge in [0.25, 0.3) is 0 Å². The number of aliphatic carboxylic acids is 1. The highest BCUT2D eigenvalue weighted by atomic mass is 16.4. The van der Waals surface area contributed by atoms with Crippen molar-refractivity contribution in [3.8, 4) is 0 Å².